The van der Waals surface area contributed by atoms with Gasteiger partial charge in [-0.15, -0.1) is 0 Å². The number of rotatable bonds is 5. The third kappa shape index (κ3) is 3.19. The van der Waals surface area contributed by atoms with Crippen LogP contribution < -0.4 is 0 Å². The molecule has 0 aromatic rings. The van der Waals surface area contributed by atoms with Crippen LogP contribution in [0.2, 0.25) is 0 Å². The van der Waals surface area contributed by atoms with E-state index in [-0.39, 0.29) is 6.04 Å². The van der Waals surface area contributed by atoms with Gasteiger partial charge in [-0.2, -0.15) is 5.26 Å². The molecule has 0 aliphatic carbocycles. The fourth-order valence-corrected chi connectivity index (χ4v) is 2.48. The maximum atomic E-state index is 8.99. The summed E-state index contributed by atoms with van der Waals surface area (Å²) in [6.07, 6.45) is 3.53. The number of likely N-dealkylation sites (N-methyl/N-ethyl adjacent to an activating group) is 2. The van der Waals surface area contributed by atoms with E-state index < -0.39 is 0 Å². The van der Waals surface area contributed by atoms with Gasteiger partial charge in [0.15, 0.2) is 0 Å². The minimum atomic E-state index is 0.0873. The molecule has 1 aliphatic rings. The first kappa shape index (κ1) is 12.5. The Bertz CT molecular complexity index is 221. The molecular formula is C12H23N3. The normalized spacial score (nSPS) is 24.3. The molecule has 0 aromatic carbocycles. The Morgan fingerprint density at radius 1 is 1.53 bits per heavy atom. The Morgan fingerprint density at radius 2 is 2.27 bits per heavy atom. The molecule has 1 saturated heterocycles. The van der Waals surface area contributed by atoms with Gasteiger partial charge in [0.1, 0.15) is 0 Å². The zero-order chi connectivity index (χ0) is 11.3. The Hall–Kier alpha value is -0.590. The monoisotopic (exact) mass is 209 g/mol. The molecule has 15 heavy (non-hydrogen) atoms. The lowest BCUT2D eigenvalue weighted by Crippen LogP contribution is -2.42. The van der Waals surface area contributed by atoms with E-state index in [2.05, 4.69) is 36.8 Å². The van der Waals surface area contributed by atoms with E-state index in [1.54, 1.807) is 0 Å². The van der Waals surface area contributed by atoms with Crippen molar-refractivity contribution in [2.24, 2.45) is 0 Å². The highest BCUT2D eigenvalue weighted by Crippen LogP contribution is 2.18. The van der Waals surface area contributed by atoms with Crippen molar-refractivity contribution in [1.82, 2.24) is 9.80 Å². The lowest BCUT2D eigenvalue weighted by atomic mass is 10.1. The zero-order valence-electron chi connectivity index (χ0n) is 10.2. The van der Waals surface area contributed by atoms with Crippen LogP contribution in [-0.4, -0.2) is 48.6 Å². The van der Waals surface area contributed by atoms with Gasteiger partial charge in [0.25, 0.3) is 0 Å². The maximum absolute atomic E-state index is 8.99. The second kappa shape index (κ2) is 6.09. The van der Waals surface area contributed by atoms with E-state index in [1.807, 2.05) is 0 Å². The molecule has 86 valence electrons. The first-order chi connectivity index (χ1) is 7.22. The average Bonchev–Trinajstić information content (AvgIpc) is 2.67. The van der Waals surface area contributed by atoms with Gasteiger partial charge in [-0.05, 0) is 39.4 Å². The summed E-state index contributed by atoms with van der Waals surface area (Å²) in [4.78, 5) is 4.74. The summed E-state index contributed by atoms with van der Waals surface area (Å²) in [5.41, 5.74) is 0. The van der Waals surface area contributed by atoms with Crippen molar-refractivity contribution in [3.8, 4) is 6.07 Å². The number of likely N-dealkylation sites (tertiary alicyclic amines) is 1. The summed E-state index contributed by atoms with van der Waals surface area (Å²) in [5, 5.41) is 8.99. The summed E-state index contributed by atoms with van der Waals surface area (Å²) < 4.78 is 0. The Morgan fingerprint density at radius 3 is 2.80 bits per heavy atom. The van der Waals surface area contributed by atoms with Gasteiger partial charge in [0, 0.05) is 12.6 Å². The largest absolute Gasteiger partial charge is 0.299 e. The minimum Gasteiger partial charge on any atom is -0.299 e. The molecule has 3 nitrogen and oxygen atoms in total. The third-order valence-corrected chi connectivity index (χ3v) is 3.47. The number of hydrogen-bond acceptors (Lipinski definition) is 3. The molecular weight excluding hydrogens is 186 g/mol. The molecule has 0 radical (unpaired) electrons. The van der Waals surface area contributed by atoms with Crippen LogP contribution in [0.25, 0.3) is 0 Å². The Labute approximate surface area is 93.7 Å². The second-order valence-corrected chi connectivity index (χ2v) is 4.42. The standard InChI is InChI=1S/C12H23N3/c1-4-11(9-13)14(3)10-12-7-6-8-15(12)5-2/h11-12H,4-8,10H2,1-3H3. The highest BCUT2D eigenvalue weighted by atomic mass is 15.2. The second-order valence-electron chi connectivity index (χ2n) is 4.42. The molecule has 1 fully saturated rings. The molecule has 0 bridgehead atoms. The quantitative estimate of drug-likeness (QED) is 0.690. The van der Waals surface area contributed by atoms with Crippen LogP contribution in [0.15, 0.2) is 0 Å². The molecule has 1 rings (SSSR count). The molecule has 1 aliphatic heterocycles. The fraction of sp³-hybridized carbons (Fsp3) is 0.917. The smallest absolute Gasteiger partial charge is 0.0973 e. The Balaban J connectivity index is 2.43. The molecule has 0 spiro atoms. The van der Waals surface area contributed by atoms with Gasteiger partial charge < -0.3 is 0 Å². The number of nitriles is 1. The van der Waals surface area contributed by atoms with Crippen LogP contribution in [0.3, 0.4) is 0 Å². The van der Waals surface area contributed by atoms with Crippen molar-refractivity contribution in [3.05, 3.63) is 0 Å². The van der Waals surface area contributed by atoms with Gasteiger partial charge >= 0.3 is 0 Å². The molecule has 0 amide bonds. The summed E-state index contributed by atoms with van der Waals surface area (Å²) in [5.74, 6) is 0. The van der Waals surface area contributed by atoms with Crippen LogP contribution in [0.4, 0.5) is 0 Å². The number of hydrogen-bond donors (Lipinski definition) is 0. The maximum Gasteiger partial charge on any atom is 0.0973 e. The molecule has 0 N–H and O–H groups in total. The summed E-state index contributed by atoms with van der Waals surface area (Å²) >= 11 is 0. The van der Waals surface area contributed by atoms with Gasteiger partial charge in [-0.1, -0.05) is 13.8 Å². The van der Waals surface area contributed by atoms with E-state index in [1.165, 1.54) is 19.4 Å². The SMILES string of the molecule is CCC(C#N)N(C)CC1CCCN1CC. The van der Waals surface area contributed by atoms with Crippen LogP contribution in [-0.2, 0) is 0 Å². The van der Waals surface area contributed by atoms with Crippen molar-refractivity contribution >= 4 is 0 Å². The lowest BCUT2D eigenvalue weighted by molar-refractivity contribution is 0.180. The lowest BCUT2D eigenvalue weighted by Gasteiger charge is -2.29. The minimum absolute atomic E-state index is 0.0873. The van der Waals surface area contributed by atoms with Crippen LogP contribution in [0.5, 0.6) is 0 Å². The van der Waals surface area contributed by atoms with Gasteiger partial charge in [0.05, 0.1) is 12.1 Å². The molecule has 2 atom stereocenters. The van der Waals surface area contributed by atoms with Gasteiger partial charge in [-0.3, -0.25) is 9.80 Å². The highest BCUT2D eigenvalue weighted by molar-refractivity contribution is 4.92. The van der Waals surface area contributed by atoms with Gasteiger partial charge in [-0.25, -0.2) is 0 Å². The number of nitrogens with zero attached hydrogens (tertiary/aromatic N) is 3. The first-order valence-corrected chi connectivity index (χ1v) is 6.06. The van der Waals surface area contributed by atoms with Crippen molar-refractivity contribution in [2.45, 2.75) is 45.2 Å². The van der Waals surface area contributed by atoms with E-state index in [9.17, 15) is 0 Å². The highest BCUT2D eigenvalue weighted by Gasteiger charge is 2.25. The van der Waals surface area contributed by atoms with Crippen molar-refractivity contribution < 1.29 is 0 Å². The summed E-state index contributed by atoms with van der Waals surface area (Å²) in [7, 11) is 2.07. The van der Waals surface area contributed by atoms with Crippen LogP contribution >= 0.6 is 0 Å². The van der Waals surface area contributed by atoms with E-state index in [4.69, 9.17) is 5.26 Å². The van der Waals surface area contributed by atoms with Crippen LogP contribution in [0.1, 0.15) is 33.1 Å². The topological polar surface area (TPSA) is 30.3 Å². The van der Waals surface area contributed by atoms with E-state index >= 15 is 0 Å². The fourth-order valence-electron chi connectivity index (χ4n) is 2.48. The molecule has 1 heterocycles. The third-order valence-electron chi connectivity index (χ3n) is 3.47. The Kier molecular flexibility index (Phi) is 5.07. The average molecular weight is 209 g/mol. The molecule has 0 saturated carbocycles. The van der Waals surface area contributed by atoms with Crippen molar-refractivity contribution in [2.75, 3.05) is 26.7 Å². The van der Waals surface area contributed by atoms with E-state index in [0.29, 0.717) is 6.04 Å². The predicted molar refractivity (Wildman–Crippen MR) is 62.6 cm³/mol. The van der Waals surface area contributed by atoms with E-state index in [0.717, 1.165) is 19.5 Å². The zero-order valence-corrected chi connectivity index (χ0v) is 10.2. The molecule has 2 unspecified atom stereocenters. The van der Waals surface area contributed by atoms with Gasteiger partial charge in [0.2, 0.25) is 0 Å². The van der Waals surface area contributed by atoms with Crippen LogP contribution in [0, 0.1) is 11.3 Å². The van der Waals surface area contributed by atoms with Crippen molar-refractivity contribution in [1.29, 1.82) is 5.26 Å². The predicted octanol–water partition coefficient (Wildman–Crippen LogP) is 1.70. The summed E-state index contributed by atoms with van der Waals surface area (Å²) in [6, 6.07) is 3.12. The van der Waals surface area contributed by atoms with Crippen molar-refractivity contribution in [3.63, 3.8) is 0 Å². The first-order valence-electron chi connectivity index (χ1n) is 6.06. The molecule has 3 heteroatoms. The molecule has 0 aromatic heterocycles. The summed E-state index contributed by atoms with van der Waals surface area (Å²) in [6.45, 7) is 7.72.